The van der Waals surface area contributed by atoms with Gasteiger partial charge in [-0.2, -0.15) is 0 Å². The Labute approximate surface area is 163 Å². The van der Waals surface area contributed by atoms with Crippen LogP contribution in [0.1, 0.15) is 19.3 Å². The molecule has 2 aromatic carbocycles. The van der Waals surface area contributed by atoms with E-state index >= 15 is 0 Å². The van der Waals surface area contributed by atoms with Crippen molar-refractivity contribution in [1.29, 1.82) is 0 Å². The van der Waals surface area contributed by atoms with E-state index in [4.69, 9.17) is 20.8 Å². The molecular weight excluding hydrogens is 362 g/mol. The first-order chi connectivity index (χ1) is 13.2. The van der Waals surface area contributed by atoms with Crippen LogP contribution in [0, 0.1) is 0 Å². The number of rotatable bonds is 5. The lowest BCUT2D eigenvalue weighted by Crippen LogP contribution is -2.33. The smallest absolute Gasteiger partial charge is 0.235 e. The Bertz CT molecular complexity index is 992. The molecule has 0 saturated carbocycles. The summed E-state index contributed by atoms with van der Waals surface area (Å²) in [6, 6.07) is 14.6. The van der Waals surface area contributed by atoms with Crippen LogP contribution >= 0.6 is 11.6 Å². The molecule has 140 valence electrons. The summed E-state index contributed by atoms with van der Waals surface area (Å²) in [6.45, 7) is 3.43. The van der Waals surface area contributed by atoms with Crippen molar-refractivity contribution in [3.05, 3.63) is 63.8 Å². The van der Waals surface area contributed by atoms with Crippen molar-refractivity contribution in [2.45, 2.75) is 19.3 Å². The standard InChI is InChI=1S/C22H22ClNO3/c23-18-10-4-2-8-16(18)21-22(26-15-14-24-12-6-1-7-13-24)20(25)17-9-3-5-11-19(17)27-21/h2-5,8-11H,1,6-7,12-15H2. The molecule has 4 nitrogen and oxygen atoms in total. The molecule has 1 aliphatic rings. The number of fused-ring (bicyclic) bond motifs is 1. The van der Waals surface area contributed by atoms with Gasteiger partial charge in [-0.15, -0.1) is 0 Å². The first-order valence-electron chi connectivity index (χ1n) is 9.40. The van der Waals surface area contributed by atoms with Crippen molar-refractivity contribution in [3.8, 4) is 17.1 Å². The molecule has 4 rings (SSSR count). The van der Waals surface area contributed by atoms with Gasteiger partial charge in [0, 0.05) is 12.1 Å². The van der Waals surface area contributed by atoms with Crippen molar-refractivity contribution in [2.75, 3.05) is 26.2 Å². The zero-order valence-electron chi connectivity index (χ0n) is 15.1. The number of hydrogen-bond donors (Lipinski definition) is 0. The fourth-order valence-corrected chi connectivity index (χ4v) is 3.76. The normalized spacial score (nSPS) is 15.1. The van der Waals surface area contributed by atoms with Gasteiger partial charge in [-0.3, -0.25) is 9.69 Å². The van der Waals surface area contributed by atoms with E-state index in [1.807, 2.05) is 30.3 Å². The summed E-state index contributed by atoms with van der Waals surface area (Å²) in [7, 11) is 0. The highest BCUT2D eigenvalue weighted by atomic mass is 35.5. The Hall–Kier alpha value is -2.30. The minimum Gasteiger partial charge on any atom is -0.485 e. The molecule has 1 aromatic heterocycles. The van der Waals surface area contributed by atoms with E-state index in [0.29, 0.717) is 33.9 Å². The third-order valence-electron chi connectivity index (χ3n) is 4.98. The average Bonchev–Trinajstić information content (AvgIpc) is 2.71. The summed E-state index contributed by atoms with van der Waals surface area (Å²) in [5.41, 5.74) is 1.03. The number of para-hydroxylation sites is 1. The second-order valence-electron chi connectivity index (χ2n) is 6.82. The third kappa shape index (κ3) is 3.87. The molecule has 0 radical (unpaired) electrons. The summed E-state index contributed by atoms with van der Waals surface area (Å²) in [6.07, 6.45) is 3.74. The van der Waals surface area contributed by atoms with E-state index in [9.17, 15) is 4.79 Å². The average molecular weight is 384 g/mol. The van der Waals surface area contributed by atoms with Crippen molar-refractivity contribution in [2.24, 2.45) is 0 Å². The zero-order valence-corrected chi connectivity index (χ0v) is 15.9. The van der Waals surface area contributed by atoms with Crippen molar-refractivity contribution >= 4 is 22.6 Å². The van der Waals surface area contributed by atoms with Gasteiger partial charge in [0.1, 0.15) is 12.2 Å². The summed E-state index contributed by atoms with van der Waals surface area (Å²) in [5.74, 6) is 0.627. The Kier molecular flexibility index (Phi) is 5.46. The maximum absolute atomic E-state index is 13.1. The van der Waals surface area contributed by atoms with Crippen LogP contribution in [-0.4, -0.2) is 31.1 Å². The van der Waals surface area contributed by atoms with E-state index in [1.54, 1.807) is 18.2 Å². The SMILES string of the molecule is O=c1c(OCCN2CCCCC2)c(-c2ccccc2Cl)oc2ccccc12. The van der Waals surface area contributed by atoms with Crippen LogP contribution in [0.2, 0.25) is 5.02 Å². The fraction of sp³-hybridized carbons (Fsp3) is 0.318. The molecule has 0 unspecified atom stereocenters. The van der Waals surface area contributed by atoms with Crippen LogP contribution in [0.25, 0.3) is 22.3 Å². The summed E-state index contributed by atoms with van der Waals surface area (Å²) in [4.78, 5) is 15.5. The molecule has 0 N–H and O–H groups in total. The van der Waals surface area contributed by atoms with Gasteiger partial charge in [0.15, 0.2) is 5.76 Å². The summed E-state index contributed by atoms with van der Waals surface area (Å²) in [5, 5.41) is 1.04. The number of hydrogen-bond acceptors (Lipinski definition) is 4. The molecule has 1 saturated heterocycles. The Morgan fingerprint density at radius 3 is 2.56 bits per heavy atom. The minimum absolute atomic E-state index is 0.162. The quantitative estimate of drug-likeness (QED) is 0.623. The lowest BCUT2D eigenvalue weighted by Gasteiger charge is -2.26. The van der Waals surface area contributed by atoms with Gasteiger partial charge < -0.3 is 9.15 Å². The van der Waals surface area contributed by atoms with Gasteiger partial charge in [0.25, 0.3) is 0 Å². The molecular formula is C22H22ClNO3. The highest BCUT2D eigenvalue weighted by Gasteiger charge is 2.20. The molecule has 3 aromatic rings. The fourth-order valence-electron chi connectivity index (χ4n) is 3.54. The Balaban J connectivity index is 1.70. The highest BCUT2D eigenvalue weighted by molar-refractivity contribution is 6.33. The molecule has 2 heterocycles. The third-order valence-corrected chi connectivity index (χ3v) is 5.31. The maximum atomic E-state index is 13.1. The van der Waals surface area contributed by atoms with Gasteiger partial charge in [-0.25, -0.2) is 0 Å². The second-order valence-corrected chi connectivity index (χ2v) is 7.22. The predicted molar refractivity (Wildman–Crippen MR) is 109 cm³/mol. The van der Waals surface area contributed by atoms with E-state index < -0.39 is 0 Å². The highest BCUT2D eigenvalue weighted by Crippen LogP contribution is 2.35. The maximum Gasteiger partial charge on any atom is 0.235 e. The van der Waals surface area contributed by atoms with E-state index in [0.717, 1.165) is 19.6 Å². The predicted octanol–water partition coefficient (Wildman–Crippen LogP) is 4.98. The van der Waals surface area contributed by atoms with Gasteiger partial charge >= 0.3 is 0 Å². The molecule has 5 heteroatoms. The molecule has 0 atom stereocenters. The van der Waals surface area contributed by atoms with Crippen LogP contribution in [0.4, 0.5) is 0 Å². The van der Waals surface area contributed by atoms with Crippen molar-refractivity contribution in [1.82, 2.24) is 4.90 Å². The molecule has 0 aliphatic carbocycles. The second kappa shape index (κ2) is 8.15. The molecule has 1 aliphatic heterocycles. The van der Waals surface area contributed by atoms with E-state index in [1.165, 1.54) is 19.3 Å². The van der Waals surface area contributed by atoms with Gasteiger partial charge in [-0.05, 0) is 50.2 Å². The number of likely N-dealkylation sites (tertiary alicyclic amines) is 1. The Morgan fingerprint density at radius 1 is 1.00 bits per heavy atom. The van der Waals surface area contributed by atoms with Gasteiger partial charge in [-0.1, -0.05) is 42.3 Å². The number of piperidine rings is 1. The monoisotopic (exact) mass is 383 g/mol. The van der Waals surface area contributed by atoms with E-state index in [2.05, 4.69) is 4.90 Å². The van der Waals surface area contributed by atoms with Crippen LogP contribution < -0.4 is 10.2 Å². The summed E-state index contributed by atoms with van der Waals surface area (Å²) >= 11 is 6.36. The molecule has 0 bridgehead atoms. The zero-order chi connectivity index (χ0) is 18.6. The first kappa shape index (κ1) is 18.1. The Morgan fingerprint density at radius 2 is 1.74 bits per heavy atom. The molecule has 1 fully saturated rings. The first-order valence-corrected chi connectivity index (χ1v) is 9.78. The molecule has 0 spiro atoms. The number of halogens is 1. The minimum atomic E-state index is -0.162. The largest absolute Gasteiger partial charge is 0.485 e. The van der Waals surface area contributed by atoms with Crippen molar-refractivity contribution < 1.29 is 9.15 Å². The molecule has 27 heavy (non-hydrogen) atoms. The summed E-state index contributed by atoms with van der Waals surface area (Å²) < 4.78 is 12.0. The van der Waals surface area contributed by atoms with Gasteiger partial charge in [0.2, 0.25) is 11.2 Å². The van der Waals surface area contributed by atoms with Crippen LogP contribution in [-0.2, 0) is 0 Å². The molecule has 0 amide bonds. The van der Waals surface area contributed by atoms with Crippen LogP contribution in [0.3, 0.4) is 0 Å². The number of benzene rings is 2. The number of nitrogens with zero attached hydrogens (tertiary/aromatic N) is 1. The van der Waals surface area contributed by atoms with Crippen LogP contribution in [0.5, 0.6) is 5.75 Å². The van der Waals surface area contributed by atoms with Crippen LogP contribution in [0.15, 0.2) is 57.7 Å². The number of ether oxygens (including phenoxy) is 1. The van der Waals surface area contributed by atoms with Crippen molar-refractivity contribution in [3.63, 3.8) is 0 Å². The van der Waals surface area contributed by atoms with Gasteiger partial charge in [0.05, 0.1) is 10.4 Å². The lowest BCUT2D eigenvalue weighted by molar-refractivity contribution is 0.182. The lowest BCUT2D eigenvalue weighted by atomic mass is 10.1. The van der Waals surface area contributed by atoms with E-state index in [-0.39, 0.29) is 11.2 Å². The topological polar surface area (TPSA) is 42.7 Å².